The summed E-state index contributed by atoms with van der Waals surface area (Å²) < 4.78 is 0. The van der Waals surface area contributed by atoms with Gasteiger partial charge >= 0.3 is 5.97 Å². The van der Waals surface area contributed by atoms with Gasteiger partial charge in [0, 0.05) is 19.3 Å². The second-order valence-electron chi connectivity index (χ2n) is 9.64. The summed E-state index contributed by atoms with van der Waals surface area (Å²) in [5.74, 6) is -5.20. The molecule has 5 amide bonds. The molecule has 0 bridgehead atoms. The van der Waals surface area contributed by atoms with Gasteiger partial charge in [-0.05, 0) is 42.9 Å². The van der Waals surface area contributed by atoms with Crippen LogP contribution < -0.4 is 33.2 Å². The van der Waals surface area contributed by atoms with E-state index in [0.29, 0.717) is 12.0 Å². The predicted octanol–water partition coefficient (Wildman–Crippen LogP) is -1.62. The lowest BCUT2D eigenvalue weighted by atomic mass is 10.0. The maximum atomic E-state index is 13.3. The molecule has 0 aliphatic rings. The lowest BCUT2D eigenvalue weighted by Crippen LogP contribution is -2.57. The molecule has 216 valence electrons. The van der Waals surface area contributed by atoms with Crippen LogP contribution in [0.3, 0.4) is 0 Å². The molecule has 39 heavy (non-hydrogen) atoms. The number of nitrogens with one attached hydrogen (secondary N) is 3. The number of aromatic hydroxyl groups is 1. The zero-order valence-corrected chi connectivity index (χ0v) is 22.0. The van der Waals surface area contributed by atoms with Crippen molar-refractivity contribution in [1.82, 2.24) is 16.0 Å². The number of phenolic OH excluding ortho intramolecular Hbond substituents is 1. The van der Waals surface area contributed by atoms with Crippen LogP contribution >= 0.6 is 0 Å². The summed E-state index contributed by atoms with van der Waals surface area (Å²) >= 11 is 0. The molecule has 0 spiro atoms. The molecule has 0 fully saturated rings. The van der Waals surface area contributed by atoms with E-state index in [1.807, 2.05) is 13.8 Å². The average molecular weight is 551 g/mol. The zero-order valence-electron chi connectivity index (χ0n) is 22.0. The molecule has 14 nitrogen and oxygen atoms in total. The summed E-state index contributed by atoms with van der Waals surface area (Å²) in [7, 11) is 0. The van der Waals surface area contributed by atoms with Gasteiger partial charge in [0.1, 0.15) is 23.9 Å². The first-order valence-electron chi connectivity index (χ1n) is 12.4. The van der Waals surface area contributed by atoms with Gasteiger partial charge < -0.3 is 43.4 Å². The Labute approximate surface area is 226 Å². The molecule has 0 aliphatic heterocycles. The molecule has 0 saturated heterocycles. The van der Waals surface area contributed by atoms with E-state index in [1.54, 1.807) is 12.1 Å². The van der Waals surface area contributed by atoms with Gasteiger partial charge in [0.15, 0.2) is 0 Å². The normalized spacial score (nSPS) is 13.9. The Kier molecular flexibility index (Phi) is 13.4. The Morgan fingerprint density at radius 3 is 1.72 bits per heavy atom. The number of carboxylic acid groups (broad SMARTS) is 1. The van der Waals surface area contributed by atoms with E-state index in [4.69, 9.17) is 17.2 Å². The minimum absolute atomic E-state index is 0.00440. The minimum Gasteiger partial charge on any atom is -0.508 e. The standard InChI is InChI=1S/C25H38N6O8/c1-13(2)11-16(26)22(35)31-19(12-14-3-5-15(32)6-4-14)24(37)29-17(7-9-20(27)33)23(36)30-18(25(38)39)8-10-21(28)34/h3-6,13,16-19,32H,7-12,26H2,1-2H3,(H2,27,33)(H2,28,34)(H,29,37)(H,30,36)(H,31,35)(H,38,39). The van der Waals surface area contributed by atoms with Crippen LogP contribution in [0.4, 0.5) is 0 Å². The number of carboxylic acids is 1. The predicted molar refractivity (Wildman–Crippen MR) is 140 cm³/mol. The fourth-order valence-electron chi connectivity index (χ4n) is 3.61. The summed E-state index contributed by atoms with van der Waals surface area (Å²) in [6, 6.07) is 0.885. The molecule has 1 aromatic rings. The van der Waals surface area contributed by atoms with Crippen LogP contribution in [0.25, 0.3) is 0 Å². The van der Waals surface area contributed by atoms with Crippen LogP contribution in [0.5, 0.6) is 5.75 Å². The van der Waals surface area contributed by atoms with Crippen LogP contribution in [0.1, 0.15) is 51.5 Å². The van der Waals surface area contributed by atoms with Crippen molar-refractivity contribution in [3.63, 3.8) is 0 Å². The van der Waals surface area contributed by atoms with E-state index in [0.717, 1.165) is 0 Å². The van der Waals surface area contributed by atoms with Crippen molar-refractivity contribution in [2.45, 2.75) is 76.5 Å². The quantitative estimate of drug-likeness (QED) is 0.111. The van der Waals surface area contributed by atoms with E-state index in [2.05, 4.69) is 16.0 Å². The monoisotopic (exact) mass is 550 g/mol. The lowest BCUT2D eigenvalue weighted by molar-refractivity contribution is -0.142. The van der Waals surface area contributed by atoms with Crippen molar-refractivity contribution < 1.29 is 39.0 Å². The van der Waals surface area contributed by atoms with Crippen LogP contribution in [0.15, 0.2) is 24.3 Å². The first kappa shape index (κ1) is 32.8. The van der Waals surface area contributed by atoms with Crippen LogP contribution in [-0.2, 0) is 35.2 Å². The second kappa shape index (κ2) is 15.9. The van der Waals surface area contributed by atoms with Crippen molar-refractivity contribution in [2.75, 3.05) is 0 Å². The molecule has 0 aromatic heterocycles. The van der Waals surface area contributed by atoms with Gasteiger partial charge in [0.2, 0.25) is 29.5 Å². The number of phenols is 1. The van der Waals surface area contributed by atoms with Gasteiger partial charge in [-0.3, -0.25) is 24.0 Å². The Morgan fingerprint density at radius 1 is 0.769 bits per heavy atom. The van der Waals surface area contributed by atoms with Crippen molar-refractivity contribution in [2.24, 2.45) is 23.1 Å². The minimum atomic E-state index is -1.49. The lowest BCUT2D eigenvalue weighted by Gasteiger charge is -2.25. The highest BCUT2D eigenvalue weighted by Crippen LogP contribution is 2.13. The van der Waals surface area contributed by atoms with Crippen molar-refractivity contribution in [3.05, 3.63) is 29.8 Å². The largest absolute Gasteiger partial charge is 0.508 e. The number of benzene rings is 1. The molecular formula is C25H38N6O8. The number of carbonyl (C=O) groups is 6. The number of aliphatic carboxylic acids is 1. The number of rotatable bonds is 17. The average Bonchev–Trinajstić information content (AvgIpc) is 2.83. The molecule has 0 aliphatic carbocycles. The van der Waals surface area contributed by atoms with Crippen LogP contribution in [0.2, 0.25) is 0 Å². The Morgan fingerprint density at radius 2 is 1.23 bits per heavy atom. The van der Waals surface area contributed by atoms with E-state index in [-0.39, 0.29) is 43.8 Å². The molecular weight excluding hydrogens is 512 g/mol. The Hall–Kier alpha value is -4.20. The number of hydrogen-bond donors (Lipinski definition) is 8. The molecule has 14 heteroatoms. The SMILES string of the molecule is CC(C)CC(N)C(=O)NC(Cc1ccc(O)cc1)C(=O)NC(CCC(N)=O)C(=O)NC(CCC(N)=O)C(=O)O. The Bertz CT molecular complexity index is 1030. The summed E-state index contributed by atoms with van der Waals surface area (Å²) in [4.78, 5) is 72.9. The summed E-state index contributed by atoms with van der Waals surface area (Å²) in [6.45, 7) is 3.76. The molecule has 4 unspecified atom stereocenters. The van der Waals surface area contributed by atoms with Gasteiger partial charge in [-0.2, -0.15) is 0 Å². The van der Waals surface area contributed by atoms with Crippen molar-refractivity contribution in [3.8, 4) is 5.75 Å². The topological polar surface area (TPSA) is 257 Å². The second-order valence-corrected chi connectivity index (χ2v) is 9.64. The third-order valence-corrected chi connectivity index (χ3v) is 5.68. The third-order valence-electron chi connectivity index (χ3n) is 5.68. The smallest absolute Gasteiger partial charge is 0.326 e. The molecule has 1 rings (SSSR count). The van der Waals surface area contributed by atoms with Gasteiger partial charge in [-0.25, -0.2) is 4.79 Å². The molecule has 11 N–H and O–H groups in total. The molecule has 0 radical (unpaired) electrons. The zero-order chi connectivity index (χ0) is 29.7. The Balaban J connectivity index is 3.16. The summed E-state index contributed by atoms with van der Waals surface area (Å²) in [5, 5.41) is 26.2. The summed E-state index contributed by atoms with van der Waals surface area (Å²) in [6.07, 6.45) is -0.863. The van der Waals surface area contributed by atoms with Crippen LogP contribution in [-0.4, -0.2) is 69.9 Å². The molecule has 1 aromatic carbocycles. The van der Waals surface area contributed by atoms with Gasteiger partial charge in [-0.15, -0.1) is 0 Å². The van der Waals surface area contributed by atoms with E-state index >= 15 is 0 Å². The number of amides is 5. The van der Waals surface area contributed by atoms with Crippen LogP contribution in [0, 0.1) is 5.92 Å². The van der Waals surface area contributed by atoms with E-state index in [1.165, 1.54) is 12.1 Å². The number of primary amides is 2. The van der Waals surface area contributed by atoms with Gasteiger partial charge in [0.05, 0.1) is 6.04 Å². The third kappa shape index (κ3) is 12.7. The number of hydrogen-bond acceptors (Lipinski definition) is 8. The molecule has 0 saturated carbocycles. The first-order valence-corrected chi connectivity index (χ1v) is 12.4. The highest BCUT2D eigenvalue weighted by atomic mass is 16.4. The maximum absolute atomic E-state index is 13.3. The van der Waals surface area contributed by atoms with E-state index < -0.39 is 59.7 Å². The number of nitrogens with two attached hydrogens (primary N) is 3. The van der Waals surface area contributed by atoms with Gasteiger partial charge in [0.25, 0.3) is 0 Å². The first-order chi connectivity index (χ1) is 18.2. The highest BCUT2D eigenvalue weighted by Gasteiger charge is 2.31. The summed E-state index contributed by atoms with van der Waals surface area (Å²) in [5.41, 5.74) is 16.8. The van der Waals surface area contributed by atoms with E-state index in [9.17, 15) is 39.0 Å². The van der Waals surface area contributed by atoms with Crippen molar-refractivity contribution >= 4 is 35.5 Å². The highest BCUT2D eigenvalue weighted by molar-refractivity contribution is 5.94. The van der Waals surface area contributed by atoms with Crippen molar-refractivity contribution in [1.29, 1.82) is 0 Å². The van der Waals surface area contributed by atoms with Gasteiger partial charge in [-0.1, -0.05) is 26.0 Å². The molecule has 4 atom stereocenters. The fourth-order valence-corrected chi connectivity index (χ4v) is 3.61. The molecule has 0 heterocycles. The maximum Gasteiger partial charge on any atom is 0.326 e. The number of carbonyl (C=O) groups excluding carboxylic acids is 5. The fraction of sp³-hybridized carbons (Fsp3) is 0.520.